The molecule has 0 aliphatic carbocycles. The van der Waals surface area contributed by atoms with Crippen LogP contribution in [0, 0.1) is 0 Å². The lowest BCUT2D eigenvalue weighted by Gasteiger charge is -2.30. The van der Waals surface area contributed by atoms with E-state index in [4.69, 9.17) is 9.47 Å². The third-order valence-electron chi connectivity index (χ3n) is 4.76. The Morgan fingerprint density at radius 2 is 1.84 bits per heavy atom. The minimum atomic E-state index is 0.0195. The maximum atomic E-state index is 12.6. The van der Waals surface area contributed by atoms with Gasteiger partial charge in [-0.15, -0.1) is 0 Å². The Labute approximate surface area is 147 Å². The molecule has 5 nitrogen and oxygen atoms in total. The van der Waals surface area contributed by atoms with Crippen LogP contribution in [0.1, 0.15) is 17.9 Å². The lowest BCUT2D eigenvalue weighted by molar-refractivity contribution is -0.116. The molecule has 1 saturated heterocycles. The lowest BCUT2D eigenvalue weighted by atomic mass is 9.97. The number of carbonyl (C=O) groups is 1. The summed E-state index contributed by atoms with van der Waals surface area (Å²) in [7, 11) is 0. The molecule has 2 aliphatic heterocycles. The number of fused-ring (bicyclic) bond motifs is 1. The molecule has 0 bridgehead atoms. The standard InChI is InChI=1S/C20H22N2O3/c23-20(13-15-14-25-19-8-4-1-5-16(15)19)21-17-6-2-3-7-18(17)22-9-11-24-12-10-22/h1-8,15H,9-14H2,(H,21,23). The highest BCUT2D eigenvalue weighted by atomic mass is 16.5. The average Bonchev–Trinajstić information content (AvgIpc) is 3.06. The fourth-order valence-corrected chi connectivity index (χ4v) is 3.48. The van der Waals surface area contributed by atoms with Gasteiger partial charge in [-0.2, -0.15) is 0 Å². The topological polar surface area (TPSA) is 50.8 Å². The molecule has 0 aromatic heterocycles. The summed E-state index contributed by atoms with van der Waals surface area (Å²) >= 11 is 0. The molecule has 2 heterocycles. The number of carbonyl (C=O) groups excluding carboxylic acids is 1. The van der Waals surface area contributed by atoms with Crippen molar-refractivity contribution in [3.05, 3.63) is 54.1 Å². The van der Waals surface area contributed by atoms with E-state index in [2.05, 4.69) is 16.3 Å². The highest BCUT2D eigenvalue weighted by Gasteiger charge is 2.26. The Balaban J connectivity index is 1.45. The highest BCUT2D eigenvalue weighted by Crippen LogP contribution is 2.36. The van der Waals surface area contributed by atoms with Gasteiger partial charge >= 0.3 is 0 Å². The molecule has 2 aliphatic rings. The second-order valence-corrected chi connectivity index (χ2v) is 6.41. The maximum Gasteiger partial charge on any atom is 0.225 e. The molecular formula is C20H22N2O3. The van der Waals surface area contributed by atoms with E-state index >= 15 is 0 Å². The van der Waals surface area contributed by atoms with Crippen LogP contribution in [0.15, 0.2) is 48.5 Å². The van der Waals surface area contributed by atoms with Gasteiger partial charge in [0.05, 0.1) is 31.2 Å². The first-order chi connectivity index (χ1) is 12.3. The van der Waals surface area contributed by atoms with E-state index in [9.17, 15) is 4.79 Å². The summed E-state index contributed by atoms with van der Waals surface area (Å²) in [5.74, 6) is 1.03. The lowest BCUT2D eigenvalue weighted by Crippen LogP contribution is -2.36. The van der Waals surface area contributed by atoms with E-state index in [1.165, 1.54) is 0 Å². The molecule has 4 rings (SSSR count). The Morgan fingerprint density at radius 3 is 2.72 bits per heavy atom. The van der Waals surface area contributed by atoms with Crippen molar-refractivity contribution in [2.24, 2.45) is 0 Å². The van der Waals surface area contributed by atoms with Crippen LogP contribution >= 0.6 is 0 Å². The first kappa shape index (κ1) is 16.0. The van der Waals surface area contributed by atoms with Crippen molar-refractivity contribution in [2.75, 3.05) is 43.1 Å². The van der Waals surface area contributed by atoms with Gasteiger partial charge in [0.1, 0.15) is 5.75 Å². The molecule has 130 valence electrons. The van der Waals surface area contributed by atoms with Crippen LogP contribution in [0.25, 0.3) is 0 Å². The average molecular weight is 338 g/mol. The summed E-state index contributed by atoms with van der Waals surface area (Å²) in [5.41, 5.74) is 3.04. The summed E-state index contributed by atoms with van der Waals surface area (Å²) in [6.07, 6.45) is 0.425. The normalized spacial score (nSPS) is 19.2. The fourth-order valence-electron chi connectivity index (χ4n) is 3.48. The second-order valence-electron chi connectivity index (χ2n) is 6.41. The number of rotatable bonds is 4. The van der Waals surface area contributed by atoms with E-state index in [-0.39, 0.29) is 11.8 Å². The number of benzene rings is 2. The monoisotopic (exact) mass is 338 g/mol. The summed E-state index contributed by atoms with van der Waals surface area (Å²) in [4.78, 5) is 14.9. The Kier molecular flexibility index (Phi) is 4.57. The molecule has 0 saturated carbocycles. The summed E-state index contributed by atoms with van der Waals surface area (Å²) in [6, 6.07) is 15.9. The predicted octanol–water partition coefficient (Wildman–Crippen LogP) is 3.03. The van der Waals surface area contributed by atoms with E-state index < -0.39 is 0 Å². The van der Waals surface area contributed by atoms with E-state index in [1.54, 1.807) is 0 Å². The third-order valence-corrected chi connectivity index (χ3v) is 4.76. The second kappa shape index (κ2) is 7.15. The van der Waals surface area contributed by atoms with Crippen LogP contribution in [0.5, 0.6) is 5.75 Å². The van der Waals surface area contributed by atoms with Crippen molar-refractivity contribution in [1.82, 2.24) is 0 Å². The molecule has 1 fully saturated rings. The molecule has 25 heavy (non-hydrogen) atoms. The van der Waals surface area contributed by atoms with Gasteiger partial charge in [0.15, 0.2) is 0 Å². The highest BCUT2D eigenvalue weighted by molar-refractivity contribution is 5.95. The third kappa shape index (κ3) is 3.46. The van der Waals surface area contributed by atoms with Gasteiger partial charge in [-0.25, -0.2) is 0 Å². The van der Waals surface area contributed by atoms with Crippen molar-refractivity contribution < 1.29 is 14.3 Å². The fraction of sp³-hybridized carbons (Fsp3) is 0.350. The molecule has 1 N–H and O–H groups in total. The van der Waals surface area contributed by atoms with Crippen LogP contribution < -0.4 is 15.0 Å². The summed E-state index contributed by atoms with van der Waals surface area (Å²) in [6.45, 7) is 3.70. The number of nitrogens with one attached hydrogen (secondary N) is 1. The number of ether oxygens (including phenoxy) is 2. The van der Waals surface area contributed by atoms with Crippen LogP contribution in [0.3, 0.4) is 0 Å². The Bertz CT molecular complexity index is 756. The van der Waals surface area contributed by atoms with Crippen molar-refractivity contribution in [2.45, 2.75) is 12.3 Å². The van der Waals surface area contributed by atoms with Gasteiger partial charge < -0.3 is 19.7 Å². The molecule has 2 aromatic rings. The summed E-state index contributed by atoms with van der Waals surface area (Å²) in [5, 5.41) is 3.09. The number of morpholine rings is 1. The van der Waals surface area contributed by atoms with Crippen molar-refractivity contribution in [1.29, 1.82) is 0 Å². The summed E-state index contributed by atoms with van der Waals surface area (Å²) < 4.78 is 11.1. The van der Waals surface area contributed by atoms with Gasteiger partial charge in [-0.3, -0.25) is 4.79 Å². The predicted molar refractivity (Wildman–Crippen MR) is 97.4 cm³/mol. The molecule has 1 unspecified atom stereocenters. The van der Waals surface area contributed by atoms with Gasteiger partial charge in [0.2, 0.25) is 5.91 Å². The zero-order valence-corrected chi connectivity index (χ0v) is 14.1. The maximum absolute atomic E-state index is 12.6. The number of hydrogen-bond acceptors (Lipinski definition) is 4. The number of para-hydroxylation sites is 3. The molecule has 0 radical (unpaired) electrons. The SMILES string of the molecule is O=C(CC1COc2ccccc21)Nc1ccccc1N1CCOCC1. The van der Waals surface area contributed by atoms with Crippen molar-refractivity contribution in [3.8, 4) is 5.75 Å². The Morgan fingerprint density at radius 1 is 1.08 bits per heavy atom. The first-order valence-electron chi connectivity index (χ1n) is 8.74. The number of nitrogens with zero attached hydrogens (tertiary/aromatic N) is 1. The van der Waals surface area contributed by atoms with E-state index in [1.807, 2.05) is 42.5 Å². The number of anilines is 2. The molecule has 1 atom stereocenters. The van der Waals surface area contributed by atoms with E-state index in [0.29, 0.717) is 13.0 Å². The number of hydrogen-bond donors (Lipinski definition) is 1. The molecule has 0 spiro atoms. The minimum Gasteiger partial charge on any atom is -0.493 e. The van der Waals surface area contributed by atoms with Crippen LogP contribution in [0.4, 0.5) is 11.4 Å². The van der Waals surface area contributed by atoms with Gasteiger partial charge in [0, 0.05) is 31.0 Å². The largest absolute Gasteiger partial charge is 0.493 e. The zero-order valence-electron chi connectivity index (χ0n) is 14.1. The van der Waals surface area contributed by atoms with Crippen molar-refractivity contribution >= 4 is 17.3 Å². The van der Waals surface area contributed by atoms with Gasteiger partial charge in [-0.1, -0.05) is 30.3 Å². The van der Waals surface area contributed by atoms with Crippen LogP contribution in [-0.4, -0.2) is 38.8 Å². The molecule has 5 heteroatoms. The Hall–Kier alpha value is -2.53. The smallest absolute Gasteiger partial charge is 0.225 e. The van der Waals surface area contributed by atoms with Gasteiger partial charge in [-0.05, 0) is 18.2 Å². The van der Waals surface area contributed by atoms with Gasteiger partial charge in [0.25, 0.3) is 0 Å². The number of amides is 1. The molecular weight excluding hydrogens is 316 g/mol. The first-order valence-corrected chi connectivity index (χ1v) is 8.74. The zero-order chi connectivity index (χ0) is 17.1. The van der Waals surface area contributed by atoms with E-state index in [0.717, 1.165) is 49.0 Å². The van der Waals surface area contributed by atoms with Crippen molar-refractivity contribution in [3.63, 3.8) is 0 Å². The molecule has 1 amide bonds. The molecule has 2 aromatic carbocycles. The van der Waals surface area contributed by atoms with Crippen LogP contribution in [0.2, 0.25) is 0 Å². The quantitative estimate of drug-likeness (QED) is 0.931. The minimum absolute atomic E-state index is 0.0195. The van der Waals surface area contributed by atoms with Crippen LogP contribution in [-0.2, 0) is 9.53 Å².